The number of alkyl carbamates (subject to hydrolysis) is 1. The van der Waals surface area contributed by atoms with Crippen molar-refractivity contribution in [2.24, 2.45) is 17.8 Å². The third-order valence-electron chi connectivity index (χ3n) is 9.28. The Hall–Kier alpha value is -3.98. The van der Waals surface area contributed by atoms with E-state index in [-0.39, 0.29) is 97.9 Å². The van der Waals surface area contributed by atoms with Crippen LogP contribution in [0.2, 0.25) is 0 Å². The van der Waals surface area contributed by atoms with E-state index in [1.54, 1.807) is 19.6 Å². The molecule has 0 aromatic carbocycles. The summed E-state index contributed by atoms with van der Waals surface area (Å²) in [6, 6.07) is -1.12. The van der Waals surface area contributed by atoms with Crippen molar-refractivity contribution in [2.45, 2.75) is 44.6 Å². The normalized spacial score (nSPS) is 23.4. The summed E-state index contributed by atoms with van der Waals surface area (Å²) in [5.74, 6) is 2.94. The van der Waals surface area contributed by atoms with E-state index in [9.17, 15) is 49.2 Å². The van der Waals surface area contributed by atoms with E-state index in [1.807, 2.05) is 0 Å². The highest BCUT2D eigenvalue weighted by molar-refractivity contribution is 5.78. The molecule has 2 aliphatic carbocycles. The van der Waals surface area contributed by atoms with Gasteiger partial charge in [0, 0.05) is 84.7 Å². The summed E-state index contributed by atoms with van der Waals surface area (Å²) in [5.41, 5.74) is 0. The van der Waals surface area contributed by atoms with E-state index >= 15 is 0 Å². The van der Waals surface area contributed by atoms with Crippen molar-refractivity contribution in [1.82, 2.24) is 30.2 Å². The fourth-order valence-corrected chi connectivity index (χ4v) is 6.60. The van der Waals surface area contributed by atoms with Crippen molar-refractivity contribution < 1.29 is 53.9 Å². The minimum absolute atomic E-state index is 0.0599. The summed E-state index contributed by atoms with van der Waals surface area (Å²) in [5, 5.41) is 43.5. The number of amides is 2. The minimum Gasteiger partial charge on any atom is -0.480 e. The van der Waals surface area contributed by atoms with Crippen LogP contribution >= 0.6 is 0 Å². The summed E-state index contributed by atoms with van der Waals surface area (Å²) >= 11 is 0. The Labute approximate surface area is 285 Å². The van der Waals surface area contributed by atoms with Crippen molar-refractivity contribution in [3.05, 3.63) is 0 Å². The Balaban J connectivity index is 1.49. The maximum atomic E-state index is 12.6. The zero-order chi connectivity index (χ0) is 35.8. The van der Waals surface area contributed by atoms with Gasteiger partial charge in [0.15, 0.2) is 0 Å². The highest BCUT2D eigenvalue weighted by atomic mass is 16.5. The molecule has 0 aromatic rings. The molecule has 2 amide bonds. The first-order chi connectivity index (χ1) is 23.4. The van der Waals surface area contributed by atoms with Gasteiger partial charge in [0.05, 0.1) is 26.2 Å². The molecule has 0 radical (unpaired) electrons. The minimum atomic E-state index is -1.18. The van der Waals surface area contributed by atoms with Crippen LogP contribution in [0.1, 0.15) is 38.5 Å². The molecule has 17 nitrogen and oxygen atoms in total. The predicted molar refractivity (Wildman–Crippen MR) is 174 cm³/mol. The standard InChI is InChI=1S/C32H50N6O11/c39-27(33-9-10-34-32(48)49-22-25-23-5-3-1-2-4-6-24(23)25)8-7-26(31(46)47)38-17-15-36(20-29(42)43)13-11-35(19-28(40)41)12-14-37(16-18-38)21-30(44)45/h23-26H,3-22H2,(H,33,39)(H,34,48)(H,40,41)(H,42,43)(H,44,45)(H,46,47)/t23-,24+,25+,26?. The predicted octanol–water partition coefficient (Wildman–Crippen LogP) is -1.02. The van der Waals surface area contributed by atoms with Crippen LogP contribution in [0, 0.1) is 29.6 Å². The molecule has 4 atom stereocenters. The van der Waals surface area contributed by atoms with Crippen LogP contribution in [0.25, 0.3) is 0 Å². The second-order valence-corrected chi connectivity index (χ2v) is 12.7. The number of carbonyl (C=O) groups excluding carboxylic acids is 2. The Morgan fingerprint density at radius 3 is 1.57 bits per heavy atom. The zero-order valence-corrected chi connectivity index (χ0v) is 27.9. The second-order valence-electron chi connectivity index (χ2n) is 12.7. The van der Waals surface area contributed by atoms with Crippen LogP contribution in [0.5, 0.6) is 0 Å². The molecule has 49 heavy (non-hydrogen) atoms. The number of fused-ring (bicyclic) bond motifs is 1. The lowest BCUT2D eigenvalue weighted by molar-refractivity contribution is -0.145. The summed E-state index contributed by atoms with van der Waals surface area (Å²) in [4.78, 5) is 78.0. The quantitative estimate of drug-likeness (QED) is 0.0839. The summed E-state index contributed by atoms with van der Waals surface area (Å²) < 4.78 is 5.38. The summed E-state index contributed by atoms with van der Waals surface area (Å²) in [6.07, 6.45) is 3.06. The van der Waals surface area contributed by atoms with Gasteiger partial charge in [0.1, 0.15) is 6.04 Å². The number of aliphatic carboxylic acids is 4. The van der Waals surface area contributed by atoms with Crippen molar-refractivity contribution >= 4 is 35.9 Å². The van der Waals surface area contributed by atoms with Gasteiger partial charge in [-0.05, 0) is 37.0 Å². The molecule has 274 valence electrons. The third kappa shape index (κ3) is 15.0. The third-order valence-corrected chi connectivity index (χ3v) is 9.28. The fraction of sp³-hybridized carbons (Fsp3) is 0.750. The first-order valence-electron chi connectivity index (χ1n) is 16.8. The first-order valence-corrected chi connectivity index (χ1v) is 16.8. The van der Waals surface area contributed by atoms with Gasteiger partial charge in [-0.1, -0.05) is 0 Å². The lowest BCUT2D eigenvalue weighted by Gasteiger charge is -2.35. The zero-order valence-electron chi connectivity index (χ0n) is 27.9. The largest absolute Gasteiger partial charge is 0.480 e. The first kappa shape index (κ1) is 39.5. The van der Waals surface area contributed by atoms with Crippen LogP contribution in [0.15, 0.2) is 0 Å². The number of rotatable bonds is 16. The highest BCUT2D eigenvalue weighted by Gasteiger charge is 2.49. The lowest BCUT2D eigenvalue weighted by Crippen LogP contribution is -2.52. The Morgan fingerprint density at radius 2 is 1.12 bits per heavy atom. The van der Waals surface area contributed by atoms with E-state index in [0.717, 1.165) is 25.7 Å². The van der Waals surface area contributed by atoms with Crippen LogP contribution in [-0.4, -0.2) is 174 Å². The average molecular weight is 695 g/mol. The number of carbonyl (C=O) groups is 6. The maximum absolute atomic E-state index is 12.6. The molecule has 1 saturated heterocycles. The molecule has 0 bridgehead atoms. The molecule has 3 aliphatic rings. The molecule has 1 saturated carbocycles. The molecule has 0 spiro atoms. The number of hydrogen-bond donors (Lipinski definition) is 6. The molecule has 1 heterocycles. The topological polar surface area (TPSA) is 230 Å². The number of carboxylic acids is 4. The number of nitrogens with one attached hydrogen (secondary N) is 2. The monoisotopic (exact) mass is 694 g/mol. The van der Waals surface area contributed by atoms with Gasteiger partial charge in [-0.2, -0.15) is 0 Å². The highest BCUT2D eigenvalue weighted by Crippen LogP contribution is 2.52. The summed E-state index contributed by atoms with van der Waals surface area (Å²) in [7, 11) is 0. The molecule has 1 unspecified atom stereocenters. The Morgan fingerprint density at radius 1 is 0.673 bits per heavy atom. The number of hydrogen-bond acceptors (Lipinski definition) is 11. The molecule has 2 fully saturated rings. The molecule has 0 aromatic heterocycles. The van der Waals surface area contributed by atoms with Crippen molar-refractivity contribution in [3.63, 3.8) is 0 Å². The van der Waals surface area contributed by atoms with E-state index in [0.29, 0.717) is 24.4 Å². The maximum Gasteiger partial charge on any atom is 0.407 e. The van der Waals surface area contributed by atoms with Crippen LogP contribution in [0.3, 0.4) is 0 Å². The number of ether oxygens (including phenoxy) is 1. The molecule has 17 heteroatoms. The van der Waals surface area contributed by atoms with Crippen LogP contribution in [0.4, 0.5) is 4.79 Å². The second kappa shape index (κ2) is 20.5. The molecule has 3 rings (SSSR count). The summed E-state index contributed by atoms with van der Waals surface area (Å²) in [6.45, 7) is 1.01. The van der Waals surface area contributed by atoms with Gasteiger partial charge >= 0.3 is 30.0 Å². The molecular weight excluding hydrogens is 644 g/mol. The van der Waals surface area contributed by atoms with E-state index in [2.05, 4.69) is 22.5 Å². The van der Waals surface area contributed by atoms with E-state index in [4.69, 9.17) is 4.74 Å². The van der Waals surface area contributed by atoms with Crippen molar-refractivity contribution in [3.8, 4) is 11.8 Å². The molecular formula is C32H50N6O11. The molecule has 6 N–H and O–H groups in total. The van der Waals surface area contributed by atoms with Gasteiger partial charge in [0.2, 0.25) is 5.91 Å². The smallest absolute Gasteiger partial charge is 0.407 e. The lowest BCUT2D eigenvalue weighted by atomic mass is 10.1. The Bertz CT molecular complexity index is 1170. The molecule has 1 aliphatic heterocycles. The van der Waals surface area contributed by atoms with Crippen LogP contribution < -0.4 is 10.6 Å². The Kier molecular flexibility index (Phi) is 16.5. The number of nitrogens with zero attached hydrogens (tertiary/aromatic N) is 4. The van der Waals surface area contributed by atoms with Gasteiger partial charge in [-0.25, -0.2) is 4.79 Å². The van der Waals surface area contributed by atoms with Gasteiger partial charge in [-0.3, -0.25) is 43.6 Å². The SMILES string of the molecule is O=C(O)CN1CCN(CC(=O)O)CCN(C(CCC(=O)NCCNC(=O)OC[C@H]2[C@@H]3CCC#CCC[C@@H]32)C(=O)O)CCN(CC(=O)O)CC1. The van der Waals surface area contributed by atoms with E-state index in [1.165, 1.54) is 0 Å². The van der Waals surface area contributed by atoms with Gasteiger partial charge < -0.3 is 35.8 Å². The average Bonchev–Trinajstić information content (AvgIpc) is 3.66. The van der Waals surface area contributed by atoms with Gasteiger partial charge in [0.25, 0.3) is 0 Å². The van der Waals surface area contributed by atoms with Crippen molar-refractivity contribution in [1.29, 1.82) is 0 Å². The van der Waals surface area contributed by atoms with Gasteiger partial charge in [-0.15, -0.1) is 11.8 Å². The van der Waals surface area contributed by atoms with E-state index < -0.39 is 41.9 Å². The fourth-order valence-electron chi connectivity index (χ4n) is 6.60. The van der Waals surface area contributed by atoms with Crippen LogP contribution in [-0.2, 0) is 28.7 Å². The van der Waals surface area contributed by atoms with Crippen molar-refractivity contribution in [2.75, 3.05) is 91.7 Å². The number of carboxylic acid groups (broad SMARTS) is 4.